The highest BCUT2D eigenvalue weighted by molar-refractivity contribution is 5.47. The third-order valence-corrected chi connectivity index (χ3v) is 2.60. The van der Waals surface area contributed by atoms with E-state index in [9.17, 15) is 0 Å². The second-order valence-electron chi connectivity index (χ2n) is 4.22. The largest absolute Gasteiger partial charge is 0.487 e. The van der Waals surface area contributed by atoms with Gasteiger partial charge in [0.2, 0.25) is 0 Å². The summed E-state index contributed by atoms with van der Waals surface area (Å²) in [6.07, 6.45) is 1.81. The van der Waals surface area contributed by atoms with Gasteiger partial charge < -0.3 is 4.74 Å². The lowest BCUT2D eigenvalue weighted by molar-refractivity contribution is 0.297. The van der Waals surface area contributed by atoms with Gasteiger partial charge in [-0.3, -0.25) is 4.68 Å². The van der Waals surface area contributed by atoms with E-state index < -0.39 is 0 Å². The summed E-state index contributed by atoms with van der Waals surface area (Å²) in [4.78, 5) is 0. The Morgan fingerprint density at radius 1 is 1.33 bits per heavy atom. The zero-order valence-electron chi connectivity index (χ0n) is 10.6. The Balaban J connectivity index is 2.17. The summed E-state index contributed by atoms with van der Waals surface area (Å²) in [5, 5.41) is 16.7. The Hall–Kier alpha value is -2.35. The zero-order chi connectivity index (χ0) is 13.1. The first-order chi connectivity index (χ1) is 8.60. The molecule has 2 rings (SSSR count). The summed E-state index contributed by atoms with van der Waals surface area (Å²) in [6.45, 7) is 4.24. The first kappa shape index (κ1) is 12.1. The molecule has 5 heteroatoms. The number of rotatable bonds is 3. The van der Waals surface area contributed by atoms with Crippen molar-refractivity contribution in [2.75, 3.05) is 0 Å². The molecular weight excluding hydrogens is 228 g/mol. The van der Waals surface area contributed by atoms with Crippen molar-refractivity contribution in [1.82, 2.24) is 15.0 Å². The molecule has 2 aromatic rings. The van der Waals surface area contributed by atoms with E-state index in [1.54, 1.807) is 4.68 Å². The van der Waals surface area contributed by atoms with Crippen molar-refractivity contribution in [1.29, 1.82) is 5.26 Å². The topological polar surface area (TPSA) is 63.7 Å². The van der Waals surface area contributed by atoms with Crippen molar-refractivity contribution in [3.8, 4) is 11.8 Å². The van der Waals surface area contributed by atoms with Gasteiger partial charge in [-0.15, -0.1) is 5.10 Å². The third-order valence-electron chi connectivity index (χ3n) is 2.60. The van der Waals surface area contributed by atoms with Crippen LogP contribution in [0, 0.1) is 25.2 Å². The number of aryl methyl sites for hydroxylation is 3. The summed E-state index contributed by atoms with van der Waals surface area (Å²) in [5.74, 6) is 0.805. The van der Waals surface area contributed by atoms with Crippen LogP contribution in [0.25, 0.3) is 0 Å². The van der Waals surface area contributed by atoms with E-state index >= 15 is 0 Å². The number of benzene rings is 1. The standard InChI is InChI=1S/C13H14N4O/c1-9-4-11(6-14)5-10(2)13(9)18-8-12-7-17(3)16-15-12/h4-5,7H,8H2,1-3H3. The van der Waals surface area contributed by atoms with Gasteiger partial charge in [-0.25, -0.2) is 0 Å². The second kappa shape index (κ2) is 4.88. The zero-order valence-corrected chi connectivity index (χ0v) is 10.6. The van der Waals surface area contributed by atoms with E-state index in [4.69, 9.17) is 10.00 Å². The highest BCUT2D eigenvalue weighted by Crippen LogP contribution is 2.25. The SMILES string of the molecule is Cc1cc(C#N)cc(C)c1OCc1cn(C)nn1. The van der Waals surface area contributed by atoms with Crippen LogP contribution in [0.2, 0.25) is 0 Å². The lowest BCUT2D eigenvalue weighted by Crippen LogP contribution is -2.00. The minimum absolute atomic E-state index is 0.376. The maximum atomic E-state index is 8.88. The fraction of sp³-hybridized carbons (Fsp3) is 0.308. The van der Waals surface area contributed by atoms with E-state index in [0.717, 1.165) is 22.6 Å². The first-order valence-electron chi connectivity index (χ1n) is 5.59. The fourth-order valence-electron chi connectivity index (χ4n) is 1.85. The Bertz CT molecular complexity index is 587. The molecule has 92 valence electrons. The van der Waals surface area contributed by atoms with E-state index in [1.807, 2.05) is 39.2 Å². The first-order valence-corrected chi connectivity index (χ1v) is 5.59. The minimum atomic E-state index is 0.376. The molecule has 0 aliphatic heterocycles. The van der Waals surface area contributed by atoms with Crippen molar-refractivity contribution in [2.24, 2.45) is 7.05 Å². The number of hydrogen-bond acceptors (Lipinski definition) is 4. The van der Waals surface area contributed by atoms with Crippen LogP contribution in [0.15, 0.2) is 18.3 Å². The number of nitriles is 1. The quantitative estimate of drug-likeness (QED) is 0.824. The third kappa shape index (κ3) is 2.48. The predicted octanol–water partition coefficient (Wildman–Crippen LogP) is 1.88. The molecule has 5 nitrogen and oxygen atoms in total. The molecule has 1 aromatic heterocycles. The Morgan fingerprint density at radius 2 is 2.00 bits per heavy atom. The van der Waals surface area contributed by atoms with Crippen molar-refractivity contribution < 1.29 is 4.74 Å². The predicted molar refractivity (Wildman–Crippen MR) is 66.0 cm³/mol. The molecule has 0 unspecified atom stereocenters. The number of hydrogen-bond donors (Lipinski definition) is 0. The molecule has 0 N–H and O–H groups in total. The molecule has 0 atom stereocenters. The summed E-state index contributed by atoms with van der Waals surface area (Å²) in [6, 6.07) is 5.77. The van der Waals surface area contributed by atoms with E-state index in [-0.39, 0.29) is 0 Å². The average Bonchev–Trinajstić information content (AvgIpc) is 2.73. The summed E-state index contributed by atoms with van der Waals surface area (Å²) < 4.78 is 7.38. The van der Waals surface area contributed by atoms with Gasteiger partial charge in [-0.1, -0.05) is 5.21 Å². The van der Waals surface area contributed by atoms with Crippen molar-refractivity contribution in [3.63, 3.8) is 0 Å². The highest BCUT2D eigenvalue weighted by atomic mass is 16.5. The molecule has 0 aliphatic carbocycles. The van der Waals surface area contributed by atoms with Gasteiger partial charge in [-0.05, 0) is 37.1 Å². The summed E-state index contributed by atoms with van der Waals surface area (Å²) >= 11 is 0. The smallest absolute Gasteiger partial charge is 0.134 e. The number of nitrogens with zero attached hydrogens (tertiary/aromatic N) is 4. The van der Waals surface area contributed by atoms with Crippen molar-refractivity contribution >= 4 is 0 Å². The maximum absolute atomic E-state index is 8.88. The Morgan fingerprint density at radius 3 is 2.50 bits per heavy atom. The van der Waals surface area contributed by atoms with E-state index in [0.29, 0.717) is 12.2 Å². The fourth-order valence-corrected chi connectivity index (χ4v) is 1.85. The van der Waals surface area contributed by atoms with Crippen LogP contribution in [0.5, 0.6) is 5.75 Å². The molecule has 1 heterocycles. The molecule has 0 radical (unpaired) electrons. The molecule has 1 aromatic carbocycles. The van der Waals surface area contributed by atoms with Crippen LogP contribution in [0.1, 0.15) is 22.4 Å². The molecule has 0 saturated heterocycles. The second-order valence-corrected chi connectivity index (χ2v) is 4.22. The molecule has 0 saturated carbocycles. The normalized spacial score (nSPS) is 10.1. The molecule has 0 aliphatic rings. The molecule has 0 amide bonds. The lowest BCUT2D eigenvalue weighted by Gasteiger charge is -2.11. The number of ether oxygens (including phenoxy) is 1. The van der Waals surface area contributed by atoms with Crippen LogP contribution in [-0.2, 0) is 13.7 Å². The summed E-state index contributed by atoms with van der Waals surface area (Å²) in [7, 11) is 1.81. The monoisotopic (exact) mass is 242 g/mol. The molecular formula is C13H14N4O. The van der Waals surface area contributed by atoms with E-state index in [1.165, 1.54) is 0 Å². The van der Waals surface area contributed by atoms with Crippen LogP contribution >= 0.6 is 0 Å². The Kier molecular flexibility index (Phi) is 3.28. The lowest BCUT2D eigenvalue weighted by atomic mass is 10.1. The molecule has 0 fully saturated rings. The van der Waals surface area contributed by atoms with Gasteiger partial charge in [-0.2, -0.15) is 5.26 Å². The Labute approximate surface area is 106 Å². The van der Waals surface area contributed by atoms with Gasteiger partial charge >= 0.3 is 0 Å². The minimum Gasteiger partial charge on any atom is -0.487 e. The molecule has 0 spiro atoms. The average molecular weight is 242 g/mol. The van der Waals surface area contributed by atoms with Crippen LogP contribution < -0.4 is 4.74 Å². The van der Waals surface area contributed by atoms with Crippen molar-refractivity contribution in [3.05, 3.63) is 40.7 Å². The van der Waals surface area contributed by atoms with Crippen LogP contribution in [0.4, 0.5) is 0 Å². The van der Waals surface area contributed by atoms with Gasteiger partial charge in [0, 0.05) is 7.05 Å². The molecule has 0 bridgehead atoms. The number of aromatic nitrogens is 3. The molecule has 18 heavy (non-hydrogen) atoms. The van der Waals surface area contributed by atoms with Crippen molar-refractivity contribution in [2.45, 2.75) is 20.5 Å². The van der Waals surface area contributed by atoms with Crippen LogP contribution in [0.3, 0.4) is 0 Å². The van der Waals surface area contributed by atoms with E-state index in [2.05, 4.69) is 16.4 Å². The van der Waals surface area contributed by atoms with Gasteiger partial charge in [0.15, 0.2) is 0 Å². The van der Waals surface area contributed by atoms with Gasteiger partial charge in [0.05, 0.1) is 17.8 Å². The van der Waals surface area contributed by atoms with Gasteiger partial charge in [0.1, 0.15) is 18.1 Å². The maximum Gasteiger partial charge on any atom is 0.134 e. The van der Waals surface area contributed by atoms with Crippen LogP contribution in [-0.4, -0.2) is 15.0 Å². The van der Waals surface area contributed by atoms with Gasteiger partial charge in [0.25, 0.3) is 0 Å². The highest BCUT2D eigenvalue weighted by Gasteiger charge is 2.07. The summed E-state index contributed by atoms with van der Waals surface area (Å²) in [5.41, 5.74) is 3.34.